The highest BCUT2D eigenvalue weighted by atomic mass is 16.7. The molecule has 1 atom stereocenters. The molecule has 3 heterocycles. The van der Waals surface area contributed by atoms with E-state index in [0.717, 1.165) is 62.8 Å². The summed E-state index contributed by atoms with van der Waals surface area (Å²) in [5.74, 6) is 0.690. The first kappa shape index (κ1) is 24.6. The van der Waals surface area contributed by atoms with E-state index in [1.165, 1.54) is 18.5 Å². The molecule has 2 aromatic rings. The standard InChI is InChI=1S/C28H37N5O3/c1-2-35-26(34)14-17-31-15-12-25(13-16-31)33-20-18-32(19-21-33)24-10-8-22(9-11-24)27-29-28(36-30-27)23-6-4-3-5-7-23/h3-11,25,28H,2,12-21H2,1H3,(H,29,30). The van der Waals surface area contributed by atoms with Gasteiger partial charge in [-0.15, -0.1) is 0 Å². The van der Waals surface area contributed by atoms with Crippen molar-refractivity contribution in [3.05, 3.63) is 65.7 Å². The Morgan fingerprint density at radius 2 is 1.72 bits per heavy atom. The number of likely N-dealkylation sites (tertiary alicyclic amines) is 1. The first-order valence-corrected chi connectivity index (χ1v) is 13.2. The number of oxime groups is 1. The van der Waals surface area contributed by atoms with Crippen molar-refractivity contribution in [3.63, 3.8) is 0 Å². The van der Waals surface area contributed by atoms with Crippen LogP contribution in [0.5, 0.6) is 0 Å². The van der Waals surface area contributed by atoms with E-state index in [-0.39, 0.29) is 12.2 Å². The van der Waals surface area contributed by atoms with Crippen LogP contribution in [-0.2, 0) is 14.4 Å². The lowest BCUT2D eigenvalue weighted by atomic mass is 10.0. The second-order valence-corrected chi connectivity index (χ2v) is 9.68. The number of benzene rings is 2. The maximum Gasteiger partial charge on any atom is 0.307 e. The number of nitrogens with one attached hydrogen (secondary N) is 1. The minimum absolute atomic E-state index is 0.0824. The number of hydrogen-bond acceptors (Lipinski definition) is 8. The number of ether oxygens (including phenoxy) is 1. The summed E-state index contributed by atoms with van der Waals surface area (Å²) in [5.41, 5.74) is 3.35. The number of carbonyl (C=O) groups excluding carboxylic acids is 1. The molecule has 1 unspecified atom stereocenters. The molecule has 2 saturated heterocycles. The van der Waals surface area contributed by atoms with E-state index < -0.39 is 0 Å². The fourth-order valence-electron chi connectivity index (χ4n) is 5.36. The van der Waals surface area contributed by atoms with Gasteiger partial charge in [-0.2, -0.15) is 0 Å². The highest BCUT2D eigenvalue weighted by Crippen LogP contribution is 2.24. The second kappa shape index (κ2) is 11.8. The molecule has 3 aliphatic heterocycles. The Balaban J connectivity index is 1.06. The van der Waals surface area contributed by atoms with Gasteiger partial charge in [-0.3, -0.25) is 9.69 Å². The summed E-state index contributed by atoms with van der Waals surface area (Å²) < 4.78 is 5.06. The molecule has 0 aliphatic carbocycles. The molecular formula is C28H37N5O3. The Hall–Kier alpha value is -3.10. The summed E-state index contributed by atoms with van der Waals surface area (Å²) in [6.07, 6.45) is 2.62. The summed E-state index contributed by atoms with van der Waals surface area (Å²) in [6, 6.07) is 19.3. The molecule has 36 heavy (non-hydrogen) atoms. The smallest absolute Gasteiger partial charge is 0.307 e. The molecular weight excluding hydrogens is 454 g/mol. The van der Waals surface area contributed by atoms with Gasteiger partial charge in [0.2, 0.25) is 6.23 Å². The number of carbonyl (C=O) groups is 1. The molecule has 3 aliphatic rings. The molecule has 0 bridgehead atoms. The highest BCUT2D eigenvalue weighted by Gasteiger charge is 2.28. The van der Waals surface area contributed by atoms with Crippen molar-refractivity contribution < 1.29 is 14.4 Å². The normalized spacial score (nSPS) is 21.5. The van der Waals surface area contributed by atoms with Crippen molar-refractivity contribution >= 4 is 17.5 Å². The van der Waals surface area contributed by atoms with Crippen molar-refractivity contribution in [2.45, 2.75) is 38.5 Å². The molecule has 192 valence electrons. The molecule has 0 saturated carbocycles. The van der Waals surface area contributed by atoms with E-state index in [2.05, 4.69) is 49.4 Å². The minimum Gasteiger partial charge on any atom is -0.466 e. The van der Waals surface area contributed by atoms with E-state index in [9.17, 15) is 4.79 Å². The van der Waals surface area contributed by atoms with Crippen LogP contribution < -0.4 is 10.2 Å². The first-order valence-electron chi connectivity index (χ1n) is 13.2. The largest absolute Gasteiger partial charge is 0.466 e. The van der Waals surface area contributed by atoms with Crippen LogP contribution in [0.1, 0.15) is 43.5 Å². The Bertz CT molecular complexity index is 1010. The summed E-state index contributed by atoms with van der Waals surface area (Å²) in [4.78, 5) is 24.8. The lowest BCUT2D eigenvalue weighted by molar-refractivity contribution is -0.143. The third-order valence-electron chi connectivity index (χ3n) is 7.45. The van der Waals surface area contributed by atoms with Crippen LogP contribution in [0.15, 0.2) is 59.8 Å². The number of esters is 1. The lowest BCUT2D eigenvalue weighted by Gasteiger charge is -2.43. The molecule has 8 heteroatoms. The summed E-state index contributed by atoms with van der Waals surface area (Å²) in [5, 5.41) is 7.63. The Morgan fingerprint density at radius 3 is 2.42 bits per heavy atom. The first-order chi connectivity index (χ1) is 17.7. The zero-order chi connectivity index (χ0) is 24.7. The predicted octanol–water partition coefficient (Wildman–Crippen LogP) is 3.21. The van der Waals surface area contributed by atoms with Gasteiger partial charge in [0.1, 0.15) is 0 Å². The summed E-state index contributed by atoms with van der Waals surface area (Å²) >= 11 is 0. The summed E-state index contributed by atoms with van der Waals surface area (Å²) in [7, 11) is 0. The number of amidine groups is 1. The Morgan fingerprint density at radius 1 is 1.00 bits per heavy atom. The molecule has 1 N–H and O–H groups in total. The van der Waals surface area contributed by atoms with Crippen LogP contribution in [0.3, 0.4) is 0 Å². The van der Waals surface area contributed by atoms with Crippen molar-refractivity contribution in [2.75, 3.05) is 57.3 Å². The number of rotatable bonds is 8. The van der Waals surface area contributed by atoms with Crippen molar-refractivity contribution in [1.29, 1.82) is 0 Å². The molecule has 0 radical (unpaired) electrons. The highest BCUT2D eigenvalue weighted by molar-refractivity contribution is 5.99. The van der Waals surface area contributed by atoms with E-state index in [1.807, 2.05) is 37.3 Å². The monoisotopic (exact) mass is 491 g/mol. The van der Waals surface area contributed by atoms with Gasteiger partial charge in [-0.1, -0.05) is 35.5 Å². The zero-order valence-electron chi connectivity index (χ0n) is 21.1. The zero-order valence-corrected chi connectivity index (χ0v) is 21.1. The molecule has 0 aromatic heterocycles. The van der Waals surface area contributed by atoms with Crippen LogP contribution in [-0.4, -0.2) is 80.1 Å². The number of nitrogens with zero attached hydrogens (tertiary/aromatic N) is 4. The van der Waals surface area contributed by atoms with Gasteiger partial charge in [0.15, 0.2) is 5.84 Å². The van der Waals surface area contributed by atoms with Gasteiger partial charge in [-0.05, 0) is 57.1 Å². The molecule has 0 amide bonds. The van der Waals surface area contributed by atoms with Crippen molar-refractivity contribution in [1.82, 2.24) is 15.1 Å². The van der Waals surface area contributed by atoms with E-state index >= 15 is 0 Å². The summed E-state index contributed by atoms with van der Waals surface area (Å²) in [6.45, 7) is 9.55. The number of piperidine rings is 1. The number of piperazine rings is 1. The van der Waals surface area contributed by atoms with Gasteiger partial charge in [0.25, 0.3) is 0 Å². The fraction of sp³-hybridized carbons (Fsp3) is 0.500. The van der Waals surface area contributed by atoms with Gasteiger partial charge in [0, 0.05) is 55.6 Å². The average molecular weight is 492 g/mol. The fourth-order valence-corrected chi connectivity index (χ4v) is 5.36. The number of hydrogen-bond donors (Lipinski definition) is 1. The molecule has 2 fully saturated rings. The minimum atomic E-state index is -0.238. The van der Waals surface area contributed by atoms with Crippen LogP contribution >= 0.6 is 0 Å². The van der Waals surface area contributed by atoms with Crippen LogP contribution in [0, 0.1) is 0 Å². The Kier molecular flexibility index (Phi) is 8.03. The van der Waals surface area contributed by atoms with Crippen LogP contribution in [0.25, 0.3) is 0 Å². The molecule has 0 spiro atoms. The van der Waals surface area contributed by atoms with Crippen molar-refractivity contribution in [2.24, 2.45) is 5.16 Å². The van der Waals surface area contributed by atoms with E-state index in [1.54, 1.807) is 0 Å². The molecule has 5 rings (SSSR count). The maximum atomic E-state index is 11.6. The van der Waals surface area contributed by atoms with Gasteiger partial charge < -0.3 is 24.7 Å². The van der Waals surface area contributed by atoms with Crippen LogP contribution in [0.2, 0.25) is 0 Å². The predicted molar refractivity (Wildman–Crippen MR) is 141 cm³/mol. The SMILES string of the molecule is CCOC(=O)CCN1CCC(N2CCN(c3ccc(C4=NOC(c5ccccc5)N4)cc3)CC2)CC1. The lowest BCUT2D eigenvalue weighted by Crippen LogP contribution is -2.53. The quantitative estimate of drug-likeness (QED) is 0.569. The third-order valence-corrected chi connectivity index (χ3v) is 7.45. The maximum absolute atomic E-state index is 11.6. The topological polar surface area (TPSA) is 69.6 Å². The Labute approximate surface area is 213 Å². The van der Waals surface area contributed by atoms with Gasteiger partial charge in [-0.25, -0.2) is 0 Å². The van der Waals surface area contributed by atoms with Gasteiger partial charge >= 0.3 is 5.97 Å². The van der Waals surface area contributed by atoms with Crippen molar-refractivity contribution in [3.8, 4) is 0 Å². The van der Waals surface area contributed by atoms with Gasteiger partial charge in [0.05, 0.1) is 13.0 Å². The third kappa shape index (κ3) is 5.99. The van der Waals surface area contributed by atoms with E-state index in [4.69, 9.17) is 9.57 Å². The van der Waals surface area contributed by atoms with Crippen LogP contribution in [0.4, 0.5) is 5.69 Å². The van der Waals surface area contributed by atoms with E-state index in [0.29, 0.717) is 19.1 Å². The number of anilines is 1. The molecule has 8 nitrogen and oxygen atoms in total. The second-order valence-electron chi connectivity index (χ2n) is 9.68. The molecule has 2 aromatic carbocycles. The average Bonchev–Trinajstić information content (AvgIpc) is 3.44.